The molecule has 0 saturated carbocycles. The van der Waals surface area contributed by atoms with Gasteiger partial charge in [0.2, 0.25) is 5.91 Å². The van der Waals surface area contributed by atoms with Crippen LogP contribution in [-0.2, 0) is 0 Å². The monoisotopic (exact) mass is 495 g/mol. The Morgan fingerprint density at radius 2 is 1.15 bits per heavy atom. The normalized spacial score (nSPS) is 9.30. The molecule has 0 aliphatic carbocycles. The smallest absolute Gasteiger partial charge is 0.335 e. The zero-order valence-electron chi connectivity index (χ0n) is 10.2. The van der Waals surface area contributed by atoms with E-state index in [2.05, 4.69) is 45.2 Å². The van der Waals surface area contributed by atoms with E-state index in [1.165, 1.54) is 0 Å². The summed E-state index contributed by atoms with van der Waals surface area (Å²) in [5, 5.41) is 8.47. The van der Waals surface area contributed by atoms with Gasteiger partial charge in [0.15, 0.2) is 0 Å². The van der Waals surface area contributed by atoms with Gasteiger partial charge < -0.3 is 10.8 Å². The lowest BCUT2D eigenvalue weighted by Crippen LogP contribution is -2.10. The maximum absolute atomic E-state index is 10.5. The van der Waals surface area contributed by atoms with Crippen molar-refractivity contribution >= 4 is 57.1 Å². The zero-order valence-corrected chi connectivity index (χ0v) is 14.5. The van der Waals surface area contributed by atoms with Crippen molar-refractivity contribution in [1.82, 2.24) is 0 Å². The highest BCUT2D eigenvalue weighted by Crippen LogP contribution is 2.06. The Kier molecular flexibility index (Phi) is 6.93. The maximum atomic E-state index is 10.5. The topological polar surface area (TPSA) is 80.4 Å². The number of hydrogen-bond acceptors (Lipinski definition) is 2. The fourth-order valence-corrected chi connectivity index (χ4v) is 1.93. The first-order chi connectivity index (χ1) is 9.40. The van der Waals surface area contributed by atoms with E-state index in [9.17, 15) is 9.59 Å². The maximum Gasteiger partial charge on any atom is 0.335 e. The number of hydrogen-bond donors (Lipinski definition) is 2. The first-order valence-electron chi connectivity index (χ1n) is 5.44. The molecule has 0 saturated heterocycles. The van der Waals surface area contributed by atoms with Gasteiger partial charge in [-0.05, 0) is 93.7 Å². The molecule has 2 aromatic rings. The molecule has 0 spiro atoms. The third-order valence-corrected chi connectivity index (χ3v) is 3.66. The lowest BCUT2D eigenvalue weighted by atomic mass is 10.2. The van der Waals surface area contributed by atoms with Gasteiger partial charge in [-0.2, -0.15) is 0 Å². The summed E-state index contributed by atoms with van der Waals surface area (Å²) < 4.78 is 2.14. The first kappa shape index (κ1) is 16.9. The van der Waals surface area contributed by atoms with E-state index in [1.807, 2.05) is 12.1 Å². The number of aromatic carboxylic acids is 1. The van der Waals surface area contributed by atoms with Crippen LogP contribution in [-0.4, -0.2) is 17.0 Å². The van der Waals surface area contributed by atoms with Gasteiger partial charge in [0.05, 0.1) is 5.56 Å². The Labute approximate surface area is 143 Å². The molecular formula is C14H11I2NO3. The predicted octanol–water partition coefficient (Wildman–Crippen LogP) is 3.38. The average Bonchev–Trinajstić information content (AvgIpc) is 2.40. The van der Waals surface area contributed by atoms with Gasteiger partial charge in [0.25, 0.3) is 0 Å². The van der Waals surface area contributed by atoms with Crippen LogP contribution in [0.4, 0.5) is 0 Å². The van der Waals surface area contributed by atoms with Crippen LogP contribution >= 0.6 is 45.2 Å². The van der Waals surface area contributed by atoms with Crippen molar-refractivity contribution < 1.29 is 14.7 Å². The van der Waals surface area contributed by atoms with Gasteiger partial charge in [-0.15, -0.1) is 0 Å². The molecule has 0 radical (unpaired) electrons. The summed E-state index contributed by atoms with van der Waals surface area (Å²) in [7, 11) is 0. The number of carbonyl (C=O) groups is 2. The van der Waals surface area contributed by atoms with Gasteiger partial charge in [0, 0.05) is 12.7 Å². The Bertz CT molecular complexity index is 539. The van der Waals surface area contributed by atoms with E-state index in [1.54, 1.807) is 36.4 Å². The first-order valence-corrected chi connectivity index (χ1v) is 7.60. The third kappa shape index (κ3) is 5.87. The Morgan fingerprint density at radius 1 is 0.800 bits per heavy atom. The molecule has 0 aliphatic rings. The van der Waals surface area contributed by atoms with Crippen molar-refractivity contribution in [3.8, 4) is 0 Å². The van der Waals surface area contributed by atoms with Crippen LogP contribution in [0.15, 0.2) is 48.5 Å². The summed E-state index contributed by atoms with van der Waals surface area (Å²) in [5.74, 6) is -1.26. The third-order valence-electron chi connectivity index (χ3n) is 2.22. The minimum absolute atomic E-state index is 0.334. The van der Waals surface area contributed by atoms with Crippen molar-refractivity contribution in [3.05, 3.63) is 66.8 Å². The second-order valence-corrected chi connectivity index (χ2v) is 6.17. The lowest BCUT2D eigenvalue weighted by molar-refractivity contribution is 0.0696. The fraction of sp³-hybridized carbons (Fsp3) is 0. The van der Waals surface area contributed by atoms with E-state index in [-0.39, 0.29) is 5.91 Å². The minimum atomic E-state index is -0.878. The average molecular weight is 495 g/mol. The van der Waals surface area contributed by atoms with E-state index in [4.69, 9.17) is 10.8 Å². The van der Waals surface area contributed by atoms with Crippen LogP contribution in [0, 0.1) is 7.14 Å². The van der Waals surface area contributed by atoms with Crippen molar-refractivity contribution in [2.24, 2.45) is 5.73 Å². The molecule has 1 amide bonds. The van der Waals surface area contributed by atoms with E-state index in [0.717, 1.165) is 7.14 Å². The van der Waals surface area contributed by atoms with Gasteiger partial charge in [0.1, 0.15) is 0 Å². The number of nitrogens with two attached hydrogens (primary N) is 1. The Morgan fingerprint density at radius 3 is 1.45 bits per heavy atom. The molecular weight excluding hydrogens is 484 g/mol. The number of amides is 1. The number of halogens is 2. The Balaban J connectivity index is 0.000000200. The number of carbonyl (C=O) groups excluding carboxylic acids is 1. The molecule has 0 aromatic heterocycles. The molecule has 104 valence electrons. The molecule has 2 rings (SSSR count). The predicted molar refractivity (Wildman–Crippen MR) is 93.8 cm³/mol. The van der Waals surface area contributed by atoms with E-state index in [0.29, 0.717) is 11.1 Å². The van der Waals surface area contributed by atoms with Crippen molar-refractivity contribution in [3.63, 3.8) is 0 Å². The quantitative estimate of drug-likeness (QED) is 0.628. The van der Waals surface area contributed by atoms with Crippen molar-refractivity contribution in [2.45, 2.75) is 0 Å². The zero-order chi connectivity index (χ0) is 15.1. The molecule has 0 atom stereocenters. The highest BCUT2D eigenvalue weighted by molar-refractivity contribution is 14.1. The number of primary amides is 1. The fourth-order valence-electron chi connectivity index (χ4n) is 1.21. The number of rotatable bonds is 2. The highest BCUT2D eigenvalue weighted by Gasteiger charge is 1.99. The molecule has 3 N–H and O–H groups in total. The summed E-state index contributed by atoms with van der Waals surface area (Å²) in [6.45, 7) is 0. The molecule has 0 bridgehead atoms. The van der Waals surface area contributed by atoms with E-state index >= 15 is 0 Å². The van der Waals surface area contributed by atoms with Crippen LogP contribution in [0.2, 0.25) is 0 Å². The summed E-state index contributed by atoms with van der Waals surface area (Å²) in [4.78, 5) is 20.8. The van der Waals surface area contributed by atoms with Gasteiger partial charge in [-0.25, -0.2) is 4.79 Å². The SMILES string of the molecule is NC(=O)c1ccc(I)cc1.O=C(O)c1ccc(I)cc1. The van der Waals surface area contributed by atoms with Crippen LogP contribution in [0.3, 0.4) is 0 Å². The number of benzene rings is 2. The summed E-state index contributed by atoms with van der Waals surface area (Å²) in [5.41, 5.74) is 5.91. The van der Waals surface area contributed by atoms with Crippen LogP contribution < -0.4 is 5.73 Å². The largest absolute Gasteiger partial charge is 0.478 e. The molecule has 0 heterocycles. The number of carboxylic acids is 1. The molecule has 6 heteroatoms. The summed E-state index contributed by atoms with van der Waals surface area (Å²) in [6, 6.07) is 13.8. The minimum Gasteiger partial charge on any atom is -0.478 e. The molecule has 0 unspecified atom stereocenters. The molecule has 4 nitrogen and oxygen atoms in total. The molecule has 20 heavy (non-hydrogen) atoms. The van der Waals surface area contributed by atoms with Gasteiger partial charge >= 0.3 is 5.97 Å². The Hall–Kier alpha value is -1.16. The van der Waals surface area contributed by atoms with Crippen LogP contribution in [0.1, 0.15) is 20.7 Å². The lowest BCUT2D eigenvalue weighted by Gasteiger charge is -1.92. The van der Waals surface area contributed by atoms with Crippen molar-refractivity contribution in [2.75, 3.05) is 0 Å². The molecule has 2 aromatic carbocycles. The van der Waals surface area contributed by atoms with E-state index < -0.39 is 5.97 Å². The van der Waals surface area contributed by atoms with Gasteiger partial charge in [-0.3, -0.25) is 4.79 Å². The second-order valence-electron chi connectivity index (χ2n) is 3.68. The summed E-state index contributed by atoms with van der Waals surface area (Å²) in [6.07, 6.45) is 0. The molecule has 0 fully saturated rings. The van der Waals surface area contributed by atoms with Crippen LogP contribution in [0.5, 0.6) is 0 Å². The van der Waals surface area contributed by atoms with Crippen molar-refractivity contribution in [1.29, 1.82) is 0 Å². The number of carboxylic acid groups (broad SMARTS) is 1. The van der Waals surface area contributed by atoms with Crippen LogP contribution in [0.25, 0.3) is 0 Å². The summed E-state index contributed by atoms with van der Waals surface area (Å²) >= 11 is 4.29. The second kappa shape index (κ2) is 8.20. The van der Waals surface area contributed by atoms with Gasteiger partial charge in [-0.1, -0.05) is 0 Å². The highest BCUT2D eigenvalue weighted by atomic mass is 127. The standard InChI is InChI=1S/C7H6INO.C7H5IO2/c2*8-6-3-1-5(2-4-6)7(9)10/h1-4H,(H2,9,10);1-4H,(H,9,10). The molecule has 0 aliphatic heterocycles.